The van der Waals surface area contributed by atoms with Crippen LogP contribution in [0, 0.1) is 6.92 Å². The van der Waals surface area contributed by atoms with Crippen LogP contribution in [-0.4, -0.2) is 23.5 Å². The van der Waals surface area contributed by atoms with Crippen molar-refractivity contribution < 1.29 is 4.79 Å². The van der Waals surface area contributed by atoms with Crippen LogP contribution in [0.3, 0.4) is 0 Å². The highest BCUT2D eigenvalue weighted by atomic mass is 16.1. The molecule has 1 amide bonds. The Morgan fingerprint density at radius 1 is 1.50 bits per heavy atom. The average molecular weight is 248 g/mol. The first-order valence-electron chi connectivity index (χ1n) is 6.36. The summed E-state index contributed by atoms with van der Waals surface area (Å²) < 4.78 is 0. The number of nitrogens with two attached hydrogens (primary N) is 2. The van der Waals surface area contributed by atoms with Crippen LogP contribution in [0.1, 0.15) is 30.5 Å². The molecule has 1 fully saturated rings. The molecular formula is C13H20N4O. The van der Waals surface area contributed by atoms with E-state index in [-0.39, 0.29) is 11.9 Å². The van der Waals surface area contributed by atoms with Crippen LogP contribution >= 0.6 is 0 Å². The molecule has 1 unspecified atom stereocenters. The summed E-state index contributed by atoms with van der Waals surface area (Å²) in [5, 5.41) is 0. The van der Waals surface area contributed by atoms with E-state index in [0.29, 0.717) is 6.54 Å². The van der Waals surface area contributed by atoms with Crippen LogP contribution in [0.2, 0.25) is 0 Å². The van der Waals surface area contributed by atoms with Gasteiger partial charge in [0.2, 0.25) is 5.91 Å². The summed E-state index contributed by atoms with van der Waals surface area (Å²) in [6.45, 7) is 3.18. The van der Waals surface area contributed by atoms with E-state index >= 15 is 0 Å². The molecule has 0 saturated carbocycles. The van der Waals surface area contributed by atoms with Gasteiger partial charge in [-0.1, -0.05) is 6.07 Å². The first kappa shape index (κ1) is 12.8. The highest BCUT2D eigenvalue weighted by Gasteiger charge is 2.29. The number of carbonyl (C=O) groups excluding carboxylic acids is 1. The highest BCUT2D eigenvalue weighted by molar-refractivity contribution is 5.83. The van der Waals surface area contributed by atoms with Gasteiger partial charge in [-0.2, -0.15) is 0 Å². The molecule has 2 heterocycles. The molecule has 1 aromatic rings. The second kappa shape index (κ2) is 5.35. The van der Waals surface area contributed by atoms with Gasteiger partial charge in [0, 0.05) is 24.3 Å². The third-order valence-electron chi connectivity index (χ3n) is 3.42. The molecule has 0 radical (unpaired) electrons. The quantitative estimate of drug-likeness (QED) is 0.824. The minimum atomic E-state index is -0.277. The van der Waals surface area contributed by atoms with Gasteiger partial charge in [-0.15, -0.1) is 0 Å². The Morgan fingerprint density at radius 2 is 2.28 bits per heavy atom. The Hall–Kier alpha value is -1.62. The normalized spacial score (nSPS) is 19.9. The molecule has 1 saturated heterocycles. The summed E-state index contributed by atoms with van der Waals surface area (Å²) in [7, 11) is 0. The summed E-state index contributed by atoms with van der Waals surface area (Å²) in [4.78, 5) is 18.1. The molecule has 1 aliphatic heterocycles. The zero-order valence-corrected chi connectivity index (χ0v) is 10.7. The van der Waals surface area contributed by atoms with Gasteiger partial charge in [-0.25, -0.2) is 4.98 Å². The number of carbonyl (C=O) groups is 1. The van der Waals surface area contributed by atoms with Crippen LogP contribution in [0.5, 0.6) is 0 Å². The molecule has 18 heavy (non-hydrogen) atoms. The van der Waals surface area contributed by atoms with E-state index in [0.717, 1.165) is 42.9 Å². The van der Waals surface area contributed by atoms with E-state index in [2.05, 4.69) is 4.98 Å². The largest absolute Gasteiger partial charge is 0.368 e. The number of nitrogens with zero attached hydrogens (tertiary/aromatic N) is 2. The third kappa shape index (κ3) is 2.46. The molecule has 1 aromatic heterocycles. The van der Waals surface area contributed by atoms with E-state index in [9.17, 15) is 4.79 Å². The highest BCUT2D eigenvalue weighted by Crippen LogP contribution is 2.26. The van der Waals surface area contributed by atoms with Crippen LogP contribution in [0.15, 0.2) is 12.1 Å². The maximum absolute atomic E-state index is 11.5. The maximum atomic E-state index is 11.5. The number of amides is 1. The van der Waals surface area contributed by atoms with E-state index in [4.69, 9.17) is 11.5 Å². The lowest BCUT2D eigenvalue weighted by molar-refractivity contribution is -0.119. The van der Waals surface area contributed by atoms with Gasteiger partial charge in [-0.05, 0) is 32.3 Å². The minimum absolute atomic E-state index is 0.252. The molecular weight excluding hydrogens is 228 g/mol. The zero-order chi connectivity index (χ0) is 13.1. The Labute approximate surface area is 107 Å². The zero-order valence-electron chi connectivity index (χ0n) is 10.7. The van der Waals surface area contributed by atoms with Crippen molar-refractivity contribution in [2.45, 2.75) is 38.8 Å². The van der Waals surface area contributed by atoms with Gasteiger partial charge in [-0.3, -0.25) is 4.79 Å². The number of piperidine rings is 1. The Balaban J connectivity index is 2.38. The molecule has 5 nitrogen and oxygen atoms in total. The summed E-state index contributed by atoms with van der Waals surface area (Å²) in [6.07, 6.45) is 2.90. The van der Waals surface area contributed by atoms with E-state index in [1.807, 2.05) is 24.0 Å². The van der Waals surface area contributed by atoms with Crippen molar-refractivity contribution in [2.75, 3.05) is 11.4 Å². The second-order valence-electron chi connectivity index (χ2n) is 4.75. The lowest BCUT2D eigenvalue weighted by Crippen LogP contribution is -2.48. The average Bonchev–Trinajstić information content (AvgIpc) is 2.38. The summed E-state index contributed by atoms with van der Waals surface area (Å²) in [5.74, 6) is 0.543. The van der Waals surface area contributed by atoms with Crippen molar-refractivity contribution in [1.29, 1.82) is 0 Å². The van der Waals surface area contributed by atoms with Crippen molar-refractivity contribution in [3.8, 4) is 0 Å². The summed E-state index contributed by atoms with van der Waals surface area (Å²) in [5.41, 5.74) is 13.1. The molecule has 0 aliphatic carbocycles. The van der Waals surface area contributed by atoms with Crippen LogP contribution in [0.25, 0.3) is 0 Å². The number of aryl methyl sites for hydroxylation is 1. The number of aromatic nitrogens is 1. The molecule has 5 heteroatoms. The number of hydrogen-bond donors (Lipinski definition) is 2. The van der Waals surface area contributed by atoms with E-state index < -0.39 is 0 Å². The number of pyridine rings is 1. The van der Waals surface area contributed by atoms with Gasteiger partial charge in [0.25, 0.3) is 0 Å². The fourth-order valence-corrected chi connectivity index (χ4v) is 2.46. The Kier molecular flexibility index (Phi) is 3.81. The Morgan fingerprint density at radius 3 is 2.94 bits per heavy atom. The van der Waals surface area contributed by atoms with Crippen molar-refractivity contribution in [3.63, 3.8) is 0 Å². The van der Waals surface area contributed by atoms with Crippen molar-refractivity contribution >= 4 is 11.7 Å². The van der Waals surface area contributed by atoms with Crippen molar-refractivity contribution in [2.24, 2.45) is 11.5 Å². The molecule has 1 atom stereocenters. The first-order valence-corrected chi connectivity index (χ1v) is 6.36. The fourth-order valence-electron chi connectivity index (χ4n) is 2.46. The number of primary amides is 1. The topological polar surface area (TPSA) is 85.2 Å². The van der Waals surface area contributed by atoms with Crippen LogP contribution < -0.4 is 16.4 Å². The molecule has 1 aliphatic rings. The third-order valence-corrected chi connectivity index (χ3v) is 3.42. The first-order chi connectivity index (χ1) is 8.63. The van der Waals surface area contributed by atoms with Crippen LogP contribution in [-0.2, 0) is 11.3 Å². The Bertz CT molecular complexity index is 447. The van der Waals surface area contributed by atoms with Gasteiger partial charge in [0.15, 0.2) is 0 Å². The number of anilines is 1. The van der Waals surface area contributed by atoms with Gasteiger partial charge in [0.05, 0.1) is 0 Å². The fraction of sp³-hybridized carbons (Fsp3) is 0.538. The van der Waals surface area contributed by atoms with Crippen molar-refractivity contribution in [3.05, 3.63) is 23.4 Å². The number of hydrogen-bond acceptors (Lipinski definition) is 4. The maximum Gasteiger partial charge on any atom is 0.240 e. The van der Waals surface area contributed by atoms with Gasteiger partial charge < -0.3 is 16.4 Å². The SMILES string of the molecule is Cc1ccc(CN)c(N2CCCCC2C(N)=O)n1. The van der Waals surface area contributed by atoms with Crippen LogP contribution in [0.4, 0.5) is 5.82 Å². The molecule has 0 bridgehead atoms. The smallest absolute Gasteiger partial charge is 0.240 e. The molecule has 98 valence electrons. The predicted octanol–water partition coefficient (Wildman–Crippen LogP) is 0.693. The lowest BCUT2D eigenvalue weighted by atomic mass is 10.0. The standard InChI is InChI=1S/C13H20N4O/c1-9-5-6-10(8-14)13(16-9)17-7-3-2-4-11(17)12(15)18/h5-6,11H,2-4,7-8,14H2,1H3,(H2,15,18). The monoisotopic (exact) mass is 248 g/mol. The van der Waals surface area contributed by atoms with E-state index in [1.54, 1.807) is 0 Å². The summed E-state index contributed by atoms with van der Waals surface area (Å²) in [6, 6.07) is 3.66. The lowest BCUT2D eigenvalue weighted by Gasteiger charge is -2.35. The minimum Gasteiger partial charge on any atom is -0.368 e. The van der Waals surface area contributed by atoms with Crippen molar-refractivity contribution in [1.82, 2.24) is 4.98 Å². The van der Waals surface area contributed by atoms with Gasteiger partial charge >= 0.3 is 0 Å². The molecule has 2 rings (SSSR count). The molecule has 0 spiro atoms. The number of rotatable bonds is 3. The predicted molar refractivity (Wildman–Crippen MR) is 71.0 cm³/mol. The molecule has 4 N–H and O–H groups in total. The second-order valence-corrected chi connectivity index (χ2v) is 4.75. The van der Waals surface area contributed by atoms with E-state index in [1.165, 1.54) is 0 Å². The van der Waals surface area contributed by atoms with Gasteiger partial charge in [0.1, 0.15) is 11.9 Å². The summed E-state index contributed by atoms with van der Waals surface area (Å²) >= 11 is 0. The molecule has 0 aromatic carbocycles.